The van der Waals surface area contributed by atoms with E-state index in [9.17, 15) is 13.2 Å². The fourth-order valence-corrected chi connectivity index (χ4v) is 2.50. The predicted octanol–water partition coefficient (Wildman–Crippen LogP) is 3.19. The molecule has 1 aromatic carbocycles. The fourth-order valence-electron chi connectivity index (χ4n) is 2.50. The van der Waals surface area contributed by atoms with E-state index >= 15 is 0 Å². The number of rotatable bonds is 5. The molecule has 23 heavy (non-hydrogen) atoms. The van der Waals surface area contributed by atoms with Crippen LogP contribution in [0, 0.1) is 0 Å². The summed E-state index contributed by atoms with van der Waals surface area (Å²) in [5.41, 5.74) is 0.931. The molecule has 0 amide bonds. The number of ether oxygens (including phenoxy) is 1. The van der Waals surface area contributed by atoms with Crippen molar-refractivity contribution in [3.05, 3.63) is 29.8 Å². The summed E-state index contributed by atoms with van der Waals surface area (Å²) in [6.45, 7) is 5.49. The number of halogens is 3. The van der Waals surface area contributed by atoms with Crippen molar-refractivity contribution in [2.75, 3.05) is 26.2 Å². The van der Waals surface area contributed by atoms with E-state index in [1.807, 2.05) is 6.92 Å². The molecule has 1 N–H and O–H groups in total. The summed E-state index contributed by atoms with van der Waals surface area (Å²) < 4.78 is 40.2. The number of hydrogen-bond acceptors (Lipinski definition) is 2. The second-order valence-electron chi connectivity index (χ2n) is 5.37. The minimum absolute atomic E-state index is 0.199. The van der Waals surface area contributed by atoms with Gasteiger partial charge in [-0.3, -0.25) is 4.99 Å². The van der Waals surface area contributed by atoms with Crippen molar-refractivity contribution in [3.8, 4) is 5.75 Å². The molecule has 128 valence electrons. The minimum atomic E-state index is -4.65. The van der Waals surface area contributed by atoms with Gasteiger partial charge in [0.1, 0.15) is 5.75 Å². The highest BCUT2D eigenvalue weighted by atomic mass is 19.4. The SMILES string of the molecule is CCNC(=NCCc1ccc(OC(F)(F)F)cc1)N1CCCC1. The van der Waals surface area contributed by atoms with Crippen LogP contribution >= 0.6 is 0 Å². The van der Waals surface area contributed by atoms with Gasteiger partial charge in [-0.15, -0.1) is 13.2 Å². The Bertz CT molecular complexity index is 508. The van der Waals surface area contributed by atoms with Gasteiger partial charge in [-0.25, -0.2) is 0 Å². The van der Waals surface area contributed by atoms with E-state index in [4.69, 9.17) is 0 Å². The van der Waals surface area contributed by atoms with E-state index in [1.165, 1.54) is 25.0 Å². The molecule has 0 radical (unpaired) electrons. The highest BCUT2D eigenvalue weighted by Gasteiger charge is 2.30. The van der Waals surface area contributed by atoms with Crippen LogP contribution in [0.15, 0.2) is 29.3 Å². The van der Waals surface area contributed by atoms with Crippen LogP contribution in [0.5, 0.6) is 5.75 Å². The van der Waals surface area contributed by atoms with Gasteiger partial charge in [0.25, 0.3) is 0 Å². The first-order valence-electron chi connectivity index (χ1n) is 7.86. The number of nitrogens with one attached hydrogen (secondary N) is 1. The molecule has 1 aliphatic heterocycles. The first-order chi connectivity index (χ1) is 11.0. The Hall–Kier alpha value is -1.92. The lowest BCUT2D eigenvalue weighted by molar-refractivity contribution is -0.274. The minimum Gasteiger partial charge on any atom is -0.406 e. The van der Waals surface area contributed by atoms with Crippen LogP contribution in [-0.2, 0) is 6.42 Å². The van der Waals surface area contributed by atoms with Gasteiger partial charge in [0, 0.05) is 26.2 Å². The number of hydrogen-bond donors (Lipinski definition) is 1. The van der Waals surface area contributed by atoms with Crippen molar-refractivity contribution in [2.24, 2.45) is 4.99 Å². The van der Waals surface area contributed by atoms with E-state index < -0.39 is 6.36 Å². The van der Waals surface area contributed by atoms with E-state index in [2.05, 4.69) is 19.9 Å². The van der Waals surface area contributed by atoms with E-state index in [1.54, 1.807) is 12.1 Å². The van der Waals surface area contributed by atoms with Gasteiger partial charge in [0.15, 0.2) is 5.96 Å². The first-order valence-corrected chi connectivity index (χ1v) is 7.86. The summed E-state index contributed by atoms with van der Waals surface area (Å²) in [4.78, 5) is 6.83. The number of alkyl halides is 3. The molecule has 0 aromatic heterocycles. The molecule has 0 saturated carbocycles. The van der Waals surface area contributed by atoms with E-state index in [0.29, 0.717) is 13.0 Å². The van der Waals surface area contributed by atoms with Gasteiger partial charge in [0.2, 0.25) is 0 Å². The zero-order chi connectivity index (χ0) is 16.7. The van der Waals surface area contributed by atoms with Crippen molar-refractivity contribution in [3.63, 3.8) is 0 Å². The van der Waals surface area contributed by atoms with Crippen molar-refractivity contribution < 1.29 is 17.9 Å². The van der Waals surface area contributed by atoms with Crippen molar-refractivity contribution in [2.45, 2.75) is 32.5 Å². The predicted molar refractivity (Wildman–Crippen MR) is 83.6 cm³/mol. The van der Waals surface area contributed by atoms with E-state index in [-0.39, 0.29) is 5.75 Å². The van der Waals surface area contributed by atoms with Gasteiger partial charge >= 0.3 is 6.36 Å². The normalized spacial score (nSPS) is 15.8. The van der Waals surface area contributed by atoms with Gasteiger partial charge in [-0.05, 0) is 43.9 Å². The Morgan fingerprint density at radius 1 is 1.22 bits per heavy atom. The molecule has 0 aliphatic carbocycles. The Morgan fingerprint density at radius 3 is 2.43 bits per heavy atom. The third kappa shape index (κ3) is 6.00. The Labute approximate surface area is 134 Å². The Kier molecular flexibility index (Phi) is 6.12. The zero-order valence-electron chi connectivity index (χ0n) is 13.2. The smallest absolute Gasteiger partial charge is 0.406 e. The fraction of sp³-hybridized carbons (Fsp3) is 0.562. The quantitative estimate of drug-likeness (QED) is 0.666. The molecule has 1 aliphatic rings. The lowest BCUT2D eigenvalue weighted by Gasteiger charge is -2.20. The van der Waals surface area contributed by atoms with Crippen LogP contribution < -0.4 is 10.1 Å². The lowest BCUT2D eigenvalue weighted by Crippen LogP contribution is -2.39. The van der Waals surface area contributed by atoms with Gasteiger partial charge < -0.3 is 15.0 Å². The third-order valence-corrected chi connectivity index (χ3v) is 3.56. The molecule has 1 saturated heterocycles. The average Bonchev–Trinajstić information content (AvgIpc) is 3.01. The molecule has 7 heteroatoms. The molecule has 0 atom stereocenters. The summed E-state index contributed by atoms with van der Waals surface area (Å²) in [6.07, 6.45) is -1.60. The van der Waals surface area contributed by atoms with Crippen molar-refractivity contribution in [1.82, 2.24) is 10.2 Å². The number of benzene rings is 1. The number of likely N-dealkylation sites (tertiary alicyclic amines) is 1. The second kappa shape index (κ2) is 8.08. The van der Waals surface area contributed by atoms with Crippen LogP contribution in [0.25, 0.3) is 0 Å². The molecule has 0 bridgehead atoms. The molecule has 1 fully saturated rings. The number of guanidine groups is 1. The summed E-state index contributed by atoms with van der Waals surface area (Å²) in [6, 6.07) is 5.94. The molecule has 1 aromatic rings. The number of nitrogens with zero attached hydrogens (tertiary/aromatic N) is 2. The van der Waals surface area contributed by atoms with Gasteiger partial charge in [-0.1, -0.05) is 12.1 Å². The molecule has 2 rings (SSSR count). The number of aliphatic imine (C=N–C) groups is 1. The molecule has 1 heterocycles. The average molecular weight is 329 g/mol. The Morgan fingerprint density at radius 2 is 1.87 bits per heavy atom. The monoisotopic (exact) mass is 329 g/mol. The molecular weight excluding hydrogens is 307 g/mol. The molecule has 0 spiro atoms. The zero-order valence-corrected chi connectivity index (χ0v) is 13.2. The summed E-state index contributed by atoms with van der Waals surface area (Å²) in [5, 5.41) is 3.28. The largest absolute Gasteiger partial charge is 0.573 e. The van der Waals surface area contributed by atoms with Crippen LogP contribution in [0.2, 0.25) is 0 Å². The van der Waals surface area contributed by atoms with Crippen LogP contribution in [0.1, 0.15) is 25.3 Å². The summed E-state index contributed by atoms with van der Waals surface area (Å²) in [5.74, 6) is 0.720. The highest BCUT2D eigenvalue weighted by molar-refractivity contribution is 5.80. The van der Waals surface area contributed by atoms with Crippen molar-refractivity contribution >= 4 is 5.96 Å². The topological polar surface area (TPSA) is 36.9 Å². The summed E-state index contributed by atoms with van der Waals surface area (Å²) >= 11 is 0. The van der Waals surface area contributed by atoms with Crippen molar-refractivity contribution in [1.29, 1.82) is 0 Å². The summed E-state index contributed by atoms with van der Waals surface area (Å²) in [7, 11) is 0. The lowest BCUT2D eigenvalue weighted by atomic mass is 10.1. The van der Waals surface area contributed by atoms with Gasteiger partial charge in [0.05, 0.1) is 0 Å². The Balaban J connectivity index is 1.87. The van der Waals surface area contributed by atoms with Gasteiger partial charge in [-0.2, -0.15) is 0 Å². The molecule has 4 nitrogen and oxygen atoms in total. The second-order valence-corrected chi connectivity index (χ2v) is 5.37. The first kappa shape index (κ1) is 17.4. The maximum absolute atomic E-state index is 12.1. The third-order valence-electron chi connectivity index (χ3n) is 3.56. The van der Waals surface area contributed by atoms with E-state index in [0.717, 1.165) is 31.2 Å². The maximum Gasteiger partial charge on any atom is 0.573 e. The molecular formula is C16H22F3N3O. The molecule has 0 unspecified atom stereocenters. The van der Waals surface area contributed by atoms with Crippen LogP contribution in [0.3, 0.4) is 0 Å². The highest BCUT2D eigenvalue weighted by Crippen LogP contribution is 2.22. The maximum atomic E-state index is 12.1. The standard InChI is InChI=1S/C16H22F3N3O/c1-2-20-15(22-11-3-4-12-22)21-10-9-13-5-7-14(8-6-13)23-16(17,18)19/h5-8H,2-4,9-12H2,1H3,(H,20,21). The van der Waals surface area contributed by atoms with Crippen LogP contribution in [0.4, 0.5) is 13.2 Å². The van der Waals surface area contributed by atoms with Crippen LogP contribution in [-0.4, -0.2) is 43.4 Å².